The van der Waals surface area contributed by atoms with E-state index < -0.39 is 5.66 Å². The zero-order valence-electron chi connectivity index (χ0n) is 8.75. The molecular weight excluding hydrogens is 180 g/mol. The number of carbonyl (C=O) groups excluding carboxylic acids is 2. The van der Waals surface area contributed by atoms with Crippen LogP contribution in [0.1, 0.15) is 46.0 Å². The Morgan fingerprint density at radius 1 is 1.00 bits per heavy atom. The van der Waals surface area contributed by atoms with Crippen molar-refractivity contribution in [1.82, 2.24) is 0 Å². The van der Waals surface area contributed by atoms with Crippen molar-refractivity contribution in [3.63, 3.8) is 0 Å². The molecule has 0 saturated heterocycles. The average Bonchev–Trinajstić information content (AvgIpc) is 2.16. The molecule has 0 aromatic rings. The minimum absolute atomic E-state index is 0.595. The van der Waals surface area contributed by atoms with Gasteiger partial charge in [0.05, 0.1) is 0 Å². The van der Waals surface area contributed by atoms with E-state index in [0.29, 0.717) is 12.8 Å². The average molecular weight is 196 g/mol. The van der Waals surface area contributed by atoms with Crippen LogP contribution in [0.4, 0.5) is 0 Å². The third-order valence-electron chi connectivity index (χ3n) is 2.09. The molecule has 78 valence electrons. The standard InChI is InChI=1S/C10H16N2O2/c1-3-5-7-10(6-4-2,11-8-13)12-9-14/h3-7H2,1-2H3. The molecule has 0 N–H and O–H groups in total. The Morgan fingerprint density at radius 2 is 1.57 bits per heavy atom. The minimum atomic E-state index is -0.895. The van der Waals surface area contributed by atoms with Gasteiger partial charge in [-0.1, -0.05) is 26.7 Å². The number of rotatable bonds is 7. The van der Waals surface area contributed by atoms with Crippen LogP contribution in [0.25, 0.3) is 0 Å². The Balaban J connectivity index is 4.72. The Labute approximate surface area is 84.1 Å². The number of isocyanates is 2. The molecule has 0 rings (SSSR count). The normalized spacial score (nSPS) is 13.6. The number of hydrogen-bond acceptors (Lipinski definition) is 4. The van der Waals surface area contributed by atoms with E-state index in [1.54, 1.807) is 0 Å². The zero-order valence-corrected chi connectivity index (χ0v) is 8.75. The molecule has 0 heterocycles. The molecule has 0 amide bonds. The molecule has 0 aliphatic rings. The van der Waals surface area contributed by atoms with Gasteiger partial charge < -0.3 is 0 Å². The summed E-state index contributed by atoms with van der Waals surface area (Å²) in [5, 5.41) is 0. The van der Waals surface area contributed by atoms with E-state index in [-0.39, 0.29) is 0 Å². The highest BCUT2D eigenvalue weighted by molar-refractivity contribution is 5.39. The van der Waals surface area contributed by atoms with Crippen LogP contribution in [-0.4, -0.2) is 17.8 Å². The van der Waals surface area contributed by atoms with Crippen molar-refractivity contribution in [2.75, 3.05) is 0 Å². The number of unbranched alkanes of at least 4 members (excludes halogenated alkanes) is 1. The van der Waals surface area contributed by atoms with E-state index in [9.17, 15) is 9.59 Å². The molecule has 4 heteroatoms. The van der Waals surface area contributed by atoms with Crippen LogP contribution in [0.15, 0.2) is 9.98 Å². The van der Waals surface area contributed by atoms with Gasteiger partial charge >= 0.3 is 0 Å². The molecule has 0 atom stereocenters. The van der Waals surface area contributed by atoms with Crippen molar-refractivity contribution in [3.05, 3.63) is 0 Å². The SMILES string of the molecule is CCCCC(CCC)(N=C=O)N=C=O. The lowest BCUT2D eigenvalue weighted by Crippen LogP contribution is -2.23. The van der Waals surface area contributed by atoms with Gasteiger partial charge in [0.15, 0.2) is 5.66 Å². The molecule has 0 unspecified atom stereocenters. The quantitative estimate of drug-likeness (QED) is 0.463. The van der Waals surface area contributed by atoms with Crippen LogP contribution in [0.2, 0.25) is 0 Å². The van der Waals surface area contributed by atoms with Crippen LogP contribution in [0, 0.1) is 0 Å². The fraction of sp³-hybridized carbons (Fsp3) is 0.800. The van der Waals surface area contributed by atoms with Crippen molar-refractivity contribution in [2.45, 2.75) is 51.6 Å². The maximum absolute atomic E-state index is 10.3. The maximum atomic E-state index is 10.3. The van der Waals surface area contributed by atoms with Gasteiger partial charge in [0.1, 0.15) is 0 Å². The molecule has 0 fully saturated rings. The Bertz CT molecular complexity index is 233. The van der Waals surface area contributed by atoms with Crippen LogP contribution >= 0.6 is 0 Å². The highest BCUT2D eigenvalue weighted by Crippen LogP contribution is 2.25. The first kappa shape index (κ1) is 12.8. The smallest absolute Gasteiger partial charge is 0.211 e. The van der Waals surface area contributed by atoms with Crippen LogP contribution in [0.5, 0.6) is 0 Å². The van der Waals surface area contributed by atoms with Crippen LogP contribution < -0.4 is 0 Å². The lowest BCUT2D eigenvalue weighted by Gasteiger charge is -2.20. The van der Waals surface area contributed by atoms with Crippen LogP contribution in [0.3, 0.4) is 0 Å². The maximum Gasteiger partial charge on any atom is 0.237 e. The zero-order chi connectivity index (χ0) is 10.9. The van der Waals surface area contributed by atoms with E-state index >= 15 is 0 Å². The van der Waals surface area contributed by atoms with Gasteiger partial charge in [-0.25, -0.2) is 9.59 Å². The minimum Gasteiger partial charge on any atom is -0.211 e. The number of nitrogens with zero attached hydrogens (tertiary/aromatic N) is 2. The molecule has 0 saturated carbocycles. The summed E-state index contributed by atoms with van der Waals surface area (Å²) in [6, 6.07) is 0. The van der Waals surface area contributed by atoms with Gasteiger partial charge in [0, 0.05) is 0 Å². The van der Waals surface area contributed by atoms with Crippen LogP contribution in [-0.2, 0) is 9.59 Å². The van der Waals surface area contributed by atoms with Gasteiger partial charge in [-0.15, -0.1) is 0 Å². The Hall–Kier alpha value is -1.24. The number of aliphatic imine (C=N–C) groups is 2. The molecular formula is C10H16N2O2. The van der Waals surface area contributed by atoms with E-state index in [0.717, 1.165) is 19.3 Å². The second-order valence-electron chi connectivity index (χ2n) is 3.24. The first-order valence-corrected chi connectivity index (χ1v) is 4.92. The lowest BCUT2D eigenvalue weighted by atomic mass is 9.98. The molecule has 0 aliphatic heterocycles. The van der Waals surface area contributed by atoms with Crippen molar-refractivity contribution < 1.29 is 9.59 Å². The molecule has 0 spiro atoms. The lowest BCUT2D eigenvalue weighted by molar-refractivity contribution is 0.364. The predicted molar refractivity (Wildman–Crippen MR) is 53.4 cm³/mol. The van der Waals surface area contributed by atoms with E-state index in [1.165, 1.54) is 12.2 Å². The van der Waals surface area contributed by atoms with Gasteiger partial charge in [0.2, 0.25) is 12.2 Å². The summed E-state index contributed by atoms with van der Waals surface area (Å²) in [7, 11) is 0. The third kappa shape index (κ3) is 4.13. The van der Waals surface area contributed by atoms with E-state index in [4.69, 9.17) is 0 Å². The molecule has 0 aliphatic carbocycles. The van der Waals surface area contributed by atoms with E-state index in [1.807, 2.05) is 13.8 Å². The monoisotopic (exact) mass is 196 g/mol. The first-order chi connectivity index (χ1) is 6.74. The molecule has 0 aromatic carbocycles. The summed E-state index contributed by atoms with van der Waals surface area (Å²) in [6.45, 7) is 3.99. The van der Waals surface area contributed by atoms with Gasteiger partial charge in [-0.3, -0.25) is 0 Å². The summed E-state index contributed by atoms with van der Waals surface area (Å²) >= 11 is 0. The highest BCUT2D eigenvalue weighted by atomic mass is 16.1. The summed E-state index contributed by atoms with van der Waals surface area (Å²) in [5.74, 6) is 0. The molecule has 0 aromatic heterocycles. The predicted octanol–water partition coefficient (Wildman–Crippen LogP) is 2.34. The van der Waals surface area contributed by atoms with Crippen molar-refractivity contribution in [1.29, 1.82) is 0 Å². The summed E-state index contributed by atoms with van der Waals surface area (Å²) in [5.41, 5.74) is -0.895. The Kier molecular flexibility index (Phi) is 6.55. The Morgan fingerprint density at radius 3 is 1.93 bits per heavy atom. The summed E-state index contributed by atoms with van der Waals surface area (Å²) in [4.78, 5) is 27.8. The second-order valence-corrected chi connectivity index (χ2v) is 3.24. The van der Waals surface area contributed by atoms with Gasteiger partial charge in [-0.05, 0) is 19.3 Å². The van der Waals surface area contributed by atoms with Gasteiger partial charge in [0.25, 0.3) is 0 Å². The fourth-order valence-electron chi connectivity index (χ4n) is 1.40. The van der Waals surface area contributed by atoms with Crippen molar-refractivity contribution in [3.8, 4) is 0 Å². The second kappa shape index (κ2) is 7.19. The summed E-state index contributed by atoms with van der Waals surface area (Å²) < 4.78 is 0. The molecule has 4 nitrogen and oxygen atoms in total. The number of hydrogen-bond donors (Lipinski definition) is 0. The molecule has 0 bridgehead atoms. The fourth-order valence-corrected chi connectivity index (χ4v) is 1.40. The van der Waals surface area contributed by atoms with Crippen molar-refractivity contribution >= 4 is 12.2 Å². The topological polar surface area (TPSA) is 58.9 Å². The van der Waals surface area contributed by atoms with Gasteiger partial charge in [-0.2, -0.15) is 9.98 Å². The highest BCUT2D eigenvalue weighted by Gasteiger charge is 2.27. The third-order valence-corrected chi connectivity index (χ3v) is 2.09. The largest absolute Gasteiger partial charge is 0.237 e. The molecule has 14 heavy (non-hydrogen) atoms. The first-order valence-electron chi connectivity index (χ1n) is 4.92. The molecule has 0 radical (unpaired) electrons. The summed E-state index contributed by atoms with van der Waals surface area (Å²) in [6.07, 6.45) is 6.87. The van der Waals surface area contributed by atoms with E-state index in [2.05, 4.69) is 9.98 Å². The van der Waals surface area contributed by atoms with Crippen molar-refractivity contribution in [2.24, 2.45) is 9.98 Å².